The molecule has 3 heterocycles. The summed E-state index contributed by atoms with van der Waals surface area (Å²) < 4.78 is 12.1. The minimum absolute atomic E-state index is 0.901. The number of benzene rings is 5. The first-order valence-electron chi connectivity index (χ1n) is 12.0. The van der Waals surface area contributed by atoms with Crippen molar-refractivity contribution in [2.24, 2.45) is 0 Å². The van der Waals surface area contributed by atoms with Gasteiger partial charge in [-0.1, -0.05) is 54.6 Å². The zero-order chi connectivity index (χ0) is 23.8. The largest absolute Gasteiger partial charge is 0.456 e. The maximum atomic E-state index is 6.26. The first-order valence-corrected chi connectivity index (χ1v) is 13.0. The first-order chi connectivity index (χ1) is 17.8. The fourth-order valence-electron chi connectivity index (χ4n) is 5.59. The Balaban J connectivity index is 1.39. The van der Waals surface area contributed by atoms with Crippen LogP contribution in [0.15, 0.2) is 120 Å². The minimum Gasteiger partial charge on any atom is -0.456 e. The molecule has 0 fully saturated rings. The average molecular weight is 574 g/mol. The van der Waals surface area contributed by atoms with Crippen molar-refractivity contribution in [3.8, 4) is 11.4 Å². The van der Waals surface area contributed by atoms with E-state index in [-0.39, 0.29) is 0 Å². The van der Waals surface area contributed by atoms with Crippen molar-refractivity contribution in [3.05, 3.63) is 119 Å². The van der Waals surface area contributed by atoms with E-state index >= 15 is 0 Å². The van der Waals surface area contributed by atoms with Crippen molar-refractivity contribution >= 4 is 77.2 Å². The highest BCUT2D eigenvalue weighted by Gasteiger charge is 2.15. The Morgan fingerprint density at radius 1 is 0.500 bits per heavy atom. The van der Waals surface area contributed by atoms with E-state index < -0.39 is 0 Å². The van der Waals surface area contributed by atoms with Gasteiger partial charge in [-0.15, -0.1) is 0 Å². The van der Waals surface area contributed by atoms with Crippen LogP contribution in [0.5, 0.6) is 0 Å². The Morgan fingerprint density at radius 2 is 1.03 bits per heavy atom. The summed E-state index contributed by atoms with van der Waals surface area (Å²) in [5, 5.41) is 6.04. The van der Waals surface area contributed by atoms with E-state index in [2.05, 4.69) is 147 Å². The fraction of sp³-hybridized carbons (Fsp3) is 0. The highest BCUT2D eigenvalue weighted by Crippen LogP contribution is 2.36. The van der Waals surface area contributed by atoms with Crippen molar-refractivity contribution < 1.29 is 4.42 Å². The predicted octanol–water partition coefficient (Wildman–Crippen LogP) is 9.23. The van der Waals surface area contributed by atoms with Crippen LogP contribution in [-0.2, 0) is 0 Å². The molecule has 0 aliphatic heterocycles. The second kappa shape index (κ2) is 7.48. The third-order valence-corrected chi connectivity index (χ3v) is 8.08. The summed E-state index contributed by atoms with van der Waals surface area (Å²) in [6, 6.07) is 38.8. The molecule has 3 nitrogen and oxygen atoms in total. The van der Waals surface area contributed by atoms with Crippen LogP contribution >= 0.6 is 22.6 Å². The number of para-hydroxylation sites is 3. The zero-order valence-electron chi connectivity index (χ0n) is 19.2. The number of halogens is 1. The molecule has 8 aromatic rings. The van der Waals surface area contributed by atoms with Gasteiger partial charge in [0.2, 0.25) is 0 Å². The maximum Gasteiger partial charge on any atom is 0.135 e. The molecule has 0 unspecified atom stereocenters. The van der Waals surface area contributed by atoms with Crippen LogP contribution in [0.2, 0.25) is 0 Å². The van der Waals surface area contributed by atoms with E-state index in [4.69, 9.17) is 4.42 Å². The van der Waals surface area contributed by atoms with Crippen LogP contribution < -0.4 is 0 Å². The molecule has 3 aromatic heterocycles. The molecule has 170 valence electrons. The Bertz CT molecular complexity index is 2070. The third-order valence-electron chi connectivity index (χ3n) is 7.22. The number of fused-ring (bicyclic) bond motifs is 7. The fourth-order valence-corrected chi connectivity index (χ4v) is 6.33. The van der Waals surface area contributed by atoms with E-state index in [0.717, 1.165) is 33.3 Å². The highest BCUT2D eigenvalue weighted by atomic mass is 127. The molecule has 5 aromatic carbocycles. The topological polar surface area (TPSA) is 23.0 Å². The molecule has 0 amide bonds. The lowest BCUT2D eigenvalue weighted by molar-refractivity contribution is 0.669. The van der Waals surface area contributed by atoms with E-state index in [0.29, 0.717) is 0 Å². The molecule has 0 spiro atoms. The van der Waals surface area contributed by atoms with E-state index in [9.17, 15) is 0 Å². The first kappa shape index (κ1) is 20.2. The van der Waals surface area contributed by atoms with Gasteiger partial charge in [0.05, 0.1) is 16.6 Å². The second-order valence-corrected chi connectivity index (χ2v) is 10.4. The van der Waals surface area contributed by atoms with Crippen LogP contribution in [0.3, 0.4) is 0 Å². The summed E-state index contributed by atoms with van der Waals surface area (Å²) in [6.07, 6.45) is 2.21. The van der Waals surface area contributed by atoms with Gasteiger partial charge in [-0.2, -0.15) is 0 Å². The maximum absolute atomic E-state index is 6.26. The molecule has 0 aliphatic rings. The lowest BCUT2D eigenvalue weighted by Crippen LogP contribution is -1.93. The van der Waals surface area contributed by atoms with Crippen LogP contribution in [0.25, 0.3) is 66.0 Å². The van der Waals surface area contributed by atoms with Crippen molar-refractivity contribution in [3.63, 3.8) is 0 Å². The predicted molar refractivity (Wildman–Crippen MR) is 158 cm³/mol. The van der Waals surface area contributed by atoms with E-state index in [1.165, 1.54) is 36.3 Å². The number of rotatable bonds is 2. The smallest absolute Gasteiger partial charge is 0.135 e. The minimum atomic E-state index is 0.901. The summed E-state index contributed by atoms with van der Waals surface area (Å²) in [5.74, 6) is 0. The third kappa shape index (κ3) is 2.79. The number of furan rings is 1. The molecule has 0 atom stereocenters. The summed E-state index contributed by atoms with van der Waals surface area (Å²) in [4.78, 5) is 0. The molecule has 0 saturated carbocycles. The Hall–Kier alpha value is -4.03. The van der Waals surface area contributed by atoms with Gasteiger partial charge in [-0.25, -0.2) is 0 Å². The lowest BCUT2D eigenvalue weighted by Gasteiger charge is -2.08. The molecule has 36 heavy (non-hydrogen) atoms. The van der Waals surface area contributed by atoms with Crippen molar-refractivity contribution in [2.75, 3.05) is 0 Å². The Morgan fingerprint density at radius 3 is 1.69 bits per heavy atom. The molecular weight excluding hydrogens is 555 g/mol. The summed E-state index contributed by atoms with van der Waals surface area (Å²) in [6.45, 7) is 0. The Labute approximate surface area is 220 Å². The van der Waals surface area contributed by atoms with Gasteiger partial charge in [0.1, 0.15) is 11.2 Å². The monoisotopic (exact) mass is 574 g/mol. The second-order valence-electron chi connectivity index (χ2n) is 9.20. The lowest BCUT2D eigenvalue weighted by atomic mass is 10.1. The van der Waals surface area contributed by atoms with E-state index in [1.807, 2.05) is 0 Å². The van der Waals surface area contributed by atoms with Crippen molar-refractivity contribution in [1.82, 2.24) is 9.13 Å². The van der Waals surface area contributed by atoms with Crippen LogP contribution in [0, 0.1) is 3.57 Å². The molecule has 8 rings (SSSR count). The zero-order valence-corrected chi connectivity index (χ0v) is 21.3. The summed E-state index contributed by atoms with van der Waals surface area (Å²) in [5.41, 5.74) is 7.69. The van der Waals surface area contributed by atoms with Crippen LogP contribution in [0.1, 0.15) is 0 Å². The van der Waals surface area contributed by atoms with Gasteiger partial charge in [-0.3, -0.25) is 0 Å². The average Bonchev–Trinajstić information content (AvgIpc) is 3.57. The molecule has 4 heteroatoms. The quantitative estimate of drug-likeness (QED) is 0.189. The van der Waals surface area contributed by atoms with Gasteiger partial charge in [0.15, 0.2) is 0 Å². The van der Waals surface area contributed by atoms with Crippen LogP contribution in [0.4, 0.5) is 0 Å². The number of hydrogen-bond acceptors (Lipinski definition) is 1. The summed E-state index contributed by atoms with van der Waals surface area (Å²) >= 11 is 2.42. The number of nitrogens with zero attached hydrogens (tertiary/aromatic N) is 2. The SMILES string of the molecule is Ic1cn(-c2ccc3oc4ccc(-n5c6ccccc6c6ccccc65)cc4c3c2)c2ccccc12. The molecule has 0 bridgehead atoms. The highest BCUT2D eigenvalue weighted by molar-refractivity contribution is 14.1. The van der Waals surface area contributed by atoms with Gasteiger partial charge in [0.25, 0.3) is 0 Å². The normalized spacial score (nSPS) is 12.0. The number of hydrogen-bond donors (Lipinski definition) is 0. The van der Waals surface area contributed by atoms with Gasteiger partial charge in [-0.05, 0) is 77.2 Å². The number of aromatic nitrogens is 2. The van der Waals surface area contributed by atoms with Gasteiger partial charge >= 0.3 is 0 Å². The molecule has 0 saturated heterocycles. The van der Waals surface area contributed by atoms with Gasteiger partial charge in [0, 0.05) is 48.1 Å². The van der Waals surface area contributed by atoms with Crippen LogP contribution in [-0.4, -0.2) is 9.13 Å². The standard InChI is InChI=1S/C32H19IN2O/c33-27-19-34(28-10-4-3-9-24(27)28)20-13-15-31-25(17-20)26-18-21(14-16-32(26)36-31)35-29-11-5-1-7-22(29)23-8-2-6-12-30(23)35/h1-19H. The van der Waals surface area contributed by atoms with Crippen molar-refractivity contribution in [1.29, 1.82) is 0 Å². The Kier molecular flexibility index (Phi) is 4.20. The van der Waals surface area contributed by atoms with Gasteiger partial charge < -0.3 is 13.6 Å². The molecular formula is C32H19IN2O. The molecule has 0 N–H and O–H groups in total. The van der Waals surface area contributed by atoms with E-state index in [1.54, 1.807) is 0 Å². The molecule has 0 radical (unpaired) electrons. The summed E-state index contributed by atoms with van der Waals surface area (Å²) in [7, 11) is 0. The molecule has 0 aliphatic carbocycles. The van der Waals surface area contributed by atoms with Crippen molar-refractivity contribution in [2.45, 2.75) is 0 Å².